The first-order valence-electron chi connectivity index (χ1n) is 18.0. The van der Waals surface area contributed by atoms with Crippen molar-refractivity contribution in [3.63, 3.8) is 0 Å². The predicted octanol–water partition coefficient (Wildman–Crippen LogP) is -3.03. The lowest BCUT2D eigenvalue weighted by Crippen LogP contribution is -2.60. The van der Waals surface area contributed by atoms with Gasteiger partial charge in [0.25, 0.3) is 0 Å². The maximum absolute atomic E-state index is 13.8. The number of rotatable bonds is 19. The predicted molar refractivity (Wildman–Crippen MR) is 190 cm³/mol. The summed E-state index contributed by atoms with van der Waals surface area (Å²) in [7, 11) is 0. The molecule has 54 heavy (non-hydrogen) atoms. The van der Waals surface area contributed by atoms with Gasteiger partial charge in [0.05, 0.1) is 6.42 Å². The molecule has 0 saturated carbocycles. The molecule has 20 nitrogen and oxygen atoms in total. The topological polar surface area (TPSA) is 310 Å². The van der Waals surface area contributed by atoms with Crippen molar-refractivity contribution in [1.29, 1.82) is 0 Å². The van der Waals surface area contributed by atoms with E-state index in [-0.39, 0.29) is 25.3 Å². The lowest BCUT2D eigenvalue weighted by atomic mass is 10.0. The summed E-state index contributed by atoms with van der Waals surface area (Å²) < 4.78 is 0. The molecule has 2 rings (SSSR count). The fraction of sp³-hybridized carbons (Fsp3) is 0.706. The molecule has 302 valence electrons. The maximum atomic E-state index is 13.8. The number of carbonyl (C=O) groups is 10. The highest BCUT2D eigenvalue weighted by molar-refractivity contribution is 5.99. The van der Waals surface area contributed by atoms with Crippen molar-refractivity contribution < 1.29 is 53.1 Å². The molecule has 0 bridgehead atoms. The summed E-state index contributed by atoms with van der Waals surface area (Å²) in [5, 5.41) is 21.5. The van der Waals surface area contributed by atoms with Crippen molar-refractivity contribution in [1.82, 2.24) is 36.4 Å². The molecular formula is C34H55N9O11. The fourth-order valence-corrected chi connectivity index (χ4v) is 6.41. The number of likely N-dealkylation sites (tertiary alicyclic amines) is 2. The summed E-state index contributed by atoms with van der Waals surface area (Å²) >= 11 is 0. The van der Waals surface area contributed by atoms with Gasteiger partial charge in [-0.25, -0.2) is 0 Å². The minimum atomic E-state index is -1.55. The van der Waals surface area contributed by atoms with E-state index in [1.165, 1.54) is 11.8 Å². The van der Waals surface area contributed by atoms with Crippen molar-refractivity contribution in [2.24, 2.45) is 23.3 Å². The van der Waals surface area contributed by atoms with Gasteiger partial charge in [-0.3, -0.25) is 47.9 Å². The van der Waals surface area contributed by atoms with Crippen molar-refractivity contribution in [3.8, 4) is 0 Å². The van der Waals surface area contributed by atoms with Crippen molar-refractivity contribution in [3.05, 3.63) is 0 Å². The molecule has 7 atom stereocenters. The fourth-order valence-electron chi connectivity index (χ4n) is 6.41. The monoisotopic (exact) mass is 765 g/mol. The molecule has 0 spiro atoms. The molecule has 2 aliphatic heterocycles. The number of carbonyl (C=O) groups excluding carboxylic acids is 9. The minimum absolute atomic E-state index is 0.0652. The number of nitrogens with zero attached hydrogens (tertiary/aromatic N) is 2. The molecule has 10 N–H and O–H groups in total. The molecule has 0 aromatic heterocycles. The largest absolute Gasteiger partial charge is 0.481 e. The van der Waals surface area contributed by atoms with E-state index in [0.717, 1.165) is 11.8 Å². The van der Waals surface area contributed by atoms with Crippen LogP contribution in [0.3, 0.4) is 0 Å². The van der Waals surface area contributed by atoms with E-state index in [9.17, 15) is 47.9 Å². The van der Waals surface area contributed by atoms with Gasteiger partial charge in [-0.2, -0.15) is 0 Å². The Kier molecular flexibility index (Phi) is 16.8. The second-order valence-electron chi connectivity index (χ2n) is 14.4. The quantitative estimate of drug-likeness (QED) is 0.0654. The van der Waals surface area contributed by atoms with Gasteiger partial charge in [-0.1, -0.05) is 27.7 Å². The van der Waals surface area contributed by atoms with Crippen molar-refractivity contribution in [2.75, 3.05) is 13.1 Å². The first kappa shape index (κ1) is 44.9. The second kappa shape index (κ2) is 20.2. The van der Waals surface area contributed by atoms with Crippen molar-refractivity contribution >= 4 is 59.1 Å². The molecule has 20 heteroatoms. The SMILES string of the molecule is CC(=O)N[C@@H](CCC(=O)O)C(=O)N[C@H](C(=O)N[C@@H](CC(N)=O)C(=O)N1CCC[C@H]1C(=O)N[C@@H](C)C(=O)N[C@H](C(=O)N1CCC[C@H]1C(N)=O)C(C)C)C(C)C. The number of nitrogens with one attached hydrogen (secondary N) is 5. The Morgan fingerprint density at radius 2 is 1.20 bits per heavy atom. The lowest BCUT2D eigenvalue weighted by Gasteiger charge is -2.32. The number of hydrogen-bond acceptors (Lipinski definition) is 10. The molecule has 2 saturated heterocycles. The Morgan fingerprint density at radius 1 is 0.667 bits per heavy atom. The standard InChI is InChI=1S/C34H55N9O11/c1-16(2)26(40-30(50)20(38-19(6)44)11-12-25(46)47)32(52)39-21(15-24(35)45)33(53)43-14-8-10-23(43)31(51)37-18(5)29(49)41-27(17(3)4)34(54)42-13-7-9-22(42)28(36)48/h16-18,20-23,26-27H,7-15H2,1-6H3,(H2,35,45)(H2,36,48)(H,37,51)(H,38,44)(H,39,52)(H,40,50)(H,41,49)(H,46,47)/t18-,20-,21-,22-,23-,26-,27-/m0/s1. The van der Waals surface area contributed by atoms with Crippen LogP contribution in [0.25, 0.3) is 0 Å². The average Bonchev–Trinajstić information content (AvgIpc) is 3.77. The molecule has 2 heterocycles. The first-order chi connectivity index (χ1) is 25.2. The Bertz CT molecular complexity index is 1470. The van der Waals surface area contributed by atoms with Gasteiger partial charge in [0.1, 0.15) is 42.3 Å². The normalized spacial score (nSPS) is 19.6. The van der Waals surface area contributed by atoms with E-state index < -0.39 is 120 Å². The van der Waals surface area contributed by atoms with E-state index in [2.05, 4.69) is 26.6 Å². The van der Waals surface area contributed by atoms with Crippen LogP contribution in [0.5, 0.6) is 0 Å². The number of amides is 9. The number of nitrogens with two attached hydrogens (primary N) is 2. The Labute approximate surface area is 313 Å². The van der Waals surface area contributed by atoms with Gasteiger partial charge in [0, 0.05) is 26.4 Å². The van der Waals surface area contributed by atoms with Crippen LogP contribution < -0.4 is 38.1 Å². The highest BCUT2D eigenvalue weighted by atomic mass is 16.4. The zero-order chi connectivity index (χ0) is 41.0. The summed E-state index contributed by atoms with van der Waals surface area (Å²) in [6, 6.07) is -8.19. The van der Waals surface area contributed by atoms with Crippen LogP contribution in [0.2, 0.25) is 0 Å². The average molecular weight is 766 g/mol. The summed E-state index contributed by atoms with van der Waals surface area (Å²) in [5.41, 5.74) is 10.9. The van der Waals surface area contributed by atoms with Gasteiger partial charge in [0.15, 0.2) is 0 Å². The number of aliphatic carboxylic acids is 1. The Balaban J connectivity index is 2.17. The van der Waals surface area contributed by atoms with Crippen LogP contribution in [0.4, 0.5) is 0 Å². The molecule has 0 aromatic rings. The highest BCUT2D eigenvalue weighted by Gasteiger charge is 2.41. The molecule has 0 aromatic carbocycles. The lowest BCUT2D eigenvalue weighted by molar-refractivity contribution is -0.144. The summed E-state index contributed by atoms with van der Waals surface area (Å²) in [6.45, 7) is 9.51. The van der Waals surface area contributed by atoms with Gasteiger partial charge in [-0.05, 0) is 50.9 Å². The maximum Gasteiger partial charge on any atom is 0.303 e. The van der Waals surface area contributed by atoms with Crippen LogP contribution in [0.1, 0.15) is 86.5 Å². The zero-order valence-electron chi connectivity index (χ0n) is 31.6. The van der Waals surface area contributed by atoms with E-state index in [1.54, 1.807) is 27.7 Å². The number of carboxylic acids is 1. The molecule has 9 amide bonds. The molecule has 0 radical (unpaired) electrons. The third-order valence-corrected chi connectivity index (χ3v) is 9.29. The molecule has 2 fully saturated rings. The molecule has 2 aliphatic rings. The first-order valence-corrected chi connectivity index (χ1v) is 18.0. The number of carboxylic acid groups (broad SMARTS) is 1. The van der Waals surface area contributed by atoms with E-state index in [0.29, 0.717) is 25.8 Å². The highest BCUT2D eigenvalue weighted by Crippen LogP contribution is 2.21. The Hall–Kier alpha value is -5.30. The molecule has 0 aliphatic carbocycles. The van der Waals surface area contributed by atoms with Crippen LogP contribution in [-0.4, -0.2) is 129 Å². The van der Waals surface area contributed by atoms with Crippen LogP contribution in [0.15, 0.2) is 0 Å². The minimum Gasteiger partial charge on any atom is -0.481 e. The van der Waals surface area contributed by atoms with Crippen LogP contribution >= 0.6 is 0 Å². The molecular weight excluding hydrogens is 710 g/mol. The van der Waals surface area contributed by atoms with Gasteiger partial charge >= 0.3 is 5.97 Å². The molecule has 0 unspecified atom stereocenters. The number of primary amides is 2. The Morgan fingerprint density at radius 3 is 1.70 bits per heavy atom. The van der Waals surface area contributed by atoms with Gasteiger partial charge in [0.2, 0.25) is 53.2 Å². The number of hydrogen-bond donors (Lipinski definition) is 8. The van der Waals surface area contributed by atoms with E-state index >= 15 is 0 Å². The summed E-state index contributed by atoms with van der Waals surface area (Å²) in [4.78, 5) is 130. The van der Waals surface area contributed by atoms with E-state index in [4.69, 9.17) is 16.6 Å². The third kappa shape index (κ3) is 12.7. The van der Waals surface area contributed by atoms with E-state index in [1.807, 2.05) is 0 Å². The van der Waals surface area contributed by atoms with Crippen LogP contribution in [-0.2, 0) is 47.9 Å². The summed E-state index contributed by atoms with van der Waals surface area (Å²) in [6.07, 6.45) is 0.184. The third-order valence-electron chi connectivity index (χ3n) is 9.29. The van der Waals surface area contributed by atoms with Gasteiger partial charge < -0.3 is 53.0 Å². The van der Waals surface area contributed by atoms with Gasteiger partial charge in [-0.15, -0.1) is 0 Å². The second-order valence-corrected chi connectivity index (χ2v) is 14.4. The van der Waals surface area contributed by atoms with Crippen LogP contribution in [0, 0.1) is 11.8 Å². The smallest absolute Gasteiger partial charge is 0.303 e. The zero-order valence-corrected chi connectivity index (χ0v) is 31.6. The van der Waals surface area contributed by atoms with Crippen molar-refractivity contribution in [2.45, 2.75) is 129 Å². The summed E-state index contributed by atoms with van der Waals surface area (Å²) in [5.74, 6) is -8.78.